The molecule has 0 aromatic heterocycles. The SMILES string of the molecule is CC(=O)N(CCNS(C)(=O)=O)c1ccc(OCc2ccc(Cl)cc2)cc1. The Bertz CT molecular complexity index is 836. The number of anilines is 1. The second-order valence-electron chi connectivity index (χ2n) is 5.75. The van der Waals surface area contributed by atoms with Crippen LogP contribution in [-0.4, -0.2) is 33.7 Å². The summed E-state index contributed by atoms with van der Waals surface area (Å²) in [6.07, 6.45) is 1.08. The summed E-state index contributed by atoms with van der Waals surface area (Å²) in [7, 11) is -3.29. The van der Waals surface area contributed by atoms with Crippen LogP contribution < -0.4 is 14.4 Å². The van der Waals surface area contributed by atoms with Crippen LogP contribution in [0.4, 0.5) is 5.69 Å². The summed E-state index contributed by atoms with van der Waals surface area (Å²) in [5, 5.41) is 0.674. The lowest BCUT2D eigenvalue weighted by atomic mass is 10.2. The standard InChI is InChI=1S/C18H21ClN2O4S/c1-14(22)21(12-11-20-26(2,23)24)17-7-9-18(10-8-17)25-13-15-3-5-16(19)6-4-15/h3-10,20H,11-13H2,1-2H3. The minimum atomic E-state index is -3.29. The summed E-state index contributed by atoms with van der Waals surface area (Å²) in [5.41, 5.74) is 1.67. The van der Waals surface area contributed by atoms with Gasteiger partial charge in [0.15, 0.2) is 0 Å². The Kier molecular flexibility index (Phi) is 7.02. The Hall–Kier alpha value is -2.09. The van der Waals surface area contributed by atoms with Gasteiger partial charge in [0.25, 0.3) is 0 Å². The number of hydrogen-bond acceptors (Lipinski definition) is 4. The second-order valence-corrected chi connectivity index (χ2v) is 8.02. The predicted molar refractivity (Wildman–Crippen MR) is 103 cm³/mol. The maximum absolute atomic E-state index is 11.8. The van der Waals surface area contributed by atoms with Gasteiger partial charge in [-0.15, -0.1) is 0 Å². The molecule has 0 unspecified atom stereocenters. The van der Waals surface area contributed by atoms with Crippen LogP contribution >= 0.6 is 11.6 Å². The Morgan fingerprint density at radius 1 is 1.12 bits per heavy atom. The first kappa shape index (κ1) is 20.2. The minimum Gasteiger partial charge on any atom is -0.489 e. The molecular weight excluding hydrogens is 376 g/mol. The van der Waals surface area contributed by atoms with Gasteiger partial charge in [0, 0.05) is 30.7 Å². The van der Waals surface area contributed by atoms with Crippen molar-refractivity contribution in [1.29, 1.82) is 0 Å². The third-order valence-corrected chi connectivity index (χ3v) is 4.53. The van der Waals surface area contributed by atoms with Crippen molar-refractivity contribution in [1.82, 2.24) is 4.72 Å². The zero-order chi connectivity index (χ0) is 19.2. The quantitative estimate of drug-likeness (QED) is 0.744. The molecule has 2 aromatic carbocycles. The number of benzene rings is 2. The first-order valence-corrected chi connectivity index (χ1v) is 10.2. The monoisotopic (exact) mass is 396 g/mol. The molecule has 0 spiro atoms. The van der Waals surface area contributed by atoms with E-state index in [0.29, 0.717) is 23.1 Å². The molecule has 1 N–H and O–H groups in total. The highest BCUT2D eigenvalue weighted by Gasteiger charge is 2.12. The van der Waals surface area contributed by atoms with E-state index in [1.165, 1.54) is 11.8 Å². The number of hydrogen-bond donors (Lipinski definition) is 1. The molecular formula is C18H21ClN2O4S. The van der Waals surface area contributed by atoms with Crippen LogP contribution in [0.25, 0.3) is 0 Å². The van der Waals surface area contributed by atoms with Crippen molar-refractivity contribution in [3.05, 3.63) is 59.1 Å². The van der Waals surface area contributed by atoms with E-state index in [9.17, 15) is 13.2 Å². The topological polar surface area (TPSA) is 75.7 Å². The third kappa shape index (κ3) is 6.67. The van der Waals surface area contributed by atoms with Crippen LogP contribution in [0.15, 0.2) is 48.5 Å². The maximum Gasteiger partial charge on any atom is 0.223 e. The molecule has 0 fully saturated rings. The first-order valence-electron chi connectivity index (χ1n) is 7.94. The van der Waals surface area contributed by atoms with Gasteiger partial charge in [0.1, 0.15) is 12.4 Å². The molecule has 140 valence electrons. The molecule has 0 aliphatic heterocycles. The fourth-order valence-corrected chi connectivity index (χ4v) is 2.87. The van der Waals surface area contributed by atoms with Gasteiger partial charge in [-0.05, 0) is 42.0 Å². The van der Waals surface area contributed by atoms with E-state index in [1.54, 1.807) is 36.4 Å². The third-order valence-electron chi connectivity index (χ3n) is 3.55. The average Bonchev–Trinajstić information content (AvgIpc) is 2.58. The normalized spacial score (nSPS) is 11.2. The van der Waals surface area contributed by atoms with Crippen LogP contribution in [0.2, 0.25) is 5.02 Å². The number of nitrogens with one attached hydrogen (secondary N) is 1. The highest BCUT2D eigenvalue weighted by molar-refractivity contribution is 7.88. The largest absolute Gasteiger partial charge is 0.489 e. The fourth-order valence-electron chi connectivity index (χ4n) is 2.28. The predicted octanol–water partition coefficient (Wildman–Crippen LogP) is 2.82. The number of carbonyl (C=O) groups excluding carboxylic acids is 1. The van der Waals surface area contributed by atoms with Gasteiger partial charge >= 0.3 is 0 Å². The Morgan fingerprint density at radius 3 is 2.27 bits per heavy atom. The second kappa shape index (κ2) is 9.02. The number of nitrogens with zero attached hydrogens (tertiary/aromatic N) is 1. The summed E-state index contributed by atoms with van der Waals surface area (Å²) in [5.74, 6) is 0.497. The molecule has 1 amide bonds. The summed E-state index contributed by atoms with van der Waals surface area (Å²) in [4.78, 5) is 13.3. The van der Waals surface area contributed by atoms with Crippen molar-refractivity contribution in [2.75, 3.05) is 24.2 Å². The number of amides is 1. The van der Waals surface area contributed by atoms with Gasteiger partial charge in [-0.2, -0.15) is 0 Å². The molecule has 0 atom stereocenters. The molecule has 0 saturated carbocycles. The zero-order valence-corrected chi connectivity index (χ0v) is 16.2. The summed E-state index contributed by atoms with van der Waals surface area (Å²) in [6, 6.07) is 14.5. The van der Waals surface area contributed by atoms with E-state index in [0.717, 1.165) is 11.8 Å². The fraction of sp³-hybridized carbons (Fsp3) is 0.278. The van der Waals surface area contributed by atoms with Gasteiger partial charge in [-0.3, -0.25) is 4.79 Å². The number of halogens is 1. The lowest BCUT2D eigenvalue weighted by molar-refractivity contribution is -0.116. The van der Waals surface area contributed by atoms with Crippen LogP contribution in [0.3, 0.4) is 0 Å². The van der Waals surface area contributed by atoms with E-state index >= 15 is 0 Å². The maximum atomic E-state index is 11.8. The van der Waals surface area contributed by atoms with Gasteiger partial charge < -0.3 is 9.64 Å². The van der Waals surface area contributed by atoms with Crippen LogP contribution in [0.1, 0.15) is 12.5 Å². The molecule has 6 nitrogen and oxygen atoms in total. The van der Waals surface area contributed by atoms with Gasteiger partial charge in [0.2, 0.25) is 15.9 Å². The lowest BCUT2D eigenvalue weighted by Crippen LogP contribution is -2.37. The first-order chi connectivity index (χ1) is 12.2. The average molecular weight is 397 g/mol. The smallest absolute Gasteiger partial charge is 0.223 e. The molecule has 0 heterocycles. The van der Waals surface area contributed by atoms with Crippen molar-refractivity contribution in [3.63, 3.8) is 0 Å². The van der Waals surface area contributed by atoms with Gasteiger partial charge in [0.05, 0.1) is 6.26 Å². The van der Waals surface area contributed by atoms with E-state index < -0.39 is 10.0 Å². The van der Waals surface area contributed by atoms with Crippen molar-refractivity contribution in [2.24, 2.45) is 0 Å². The Balaban J connectivity index is 1.96. The van der Waals surface area contributed by atoms with Crippen molar-refractivity contribution in [2.45, 2.75) is 13.5 Å². The van der Waals surface area contributed by atoms with Crippen molar-refractivity contribution >= 4 is 33.2 Å². The number of rotatable bonds is 8. The highest BCUT2D eigenvalue weighted by Crippen LogP contribution is 2.21. The van der Waals surface area contributed by atoms with Gasteiger partial charge in [-0.25, -0.2) is 13.1 Å². The number of sulfonamides is 1. The minimum absolute atomic E-state index is 0.146. The molecule has 8 heteroatoms. The molecule has 0 aliphatic carbocycles. The number of carbonyl (C=O) groups is 1. The van der Waals surface area contributed by atoms with Crippen molar-refractivity contribution < 1.29 is 17.9 Å². The van der Waals surface area contributed by atoms with Crippen LogP contribution in [0, 0.1) is 0 Å². The van der Waals surface area contributed by atoms with E-state index in [2.05, 4.69) is 4.72 Å². The van der Waals surface area contributed by atoms with E-state index in [-0.39, 0.29) is 19.0 Å². The van der Waals surface area contributed by atoms with Crippen LogP contribution in [0.5, 0.6) is 5.75 Å². The number of ether oxygens (including phenoxy) is 1. The van der Waals surface area contributed by atoms with Crippen LogP contribution in [-0.2, 0) is 21.4 Å². The highest BCUT2D eigenvalue weighted by atomic mass is 35.5. The summed E-state index contributed by atoms with van der Waals surface area (Å²) in [6.45, 7) is 2.23. The van der Waals surface area contributed by atoms with Gasteiger partial charge in [-0.1, -0.05) is 23.7 Å². The summed E-state index contributed by atoms with van der Waals surface area (Å²) >= 11 is 5.85. The molecule has 0 radical (unpaired) electrons. The Labute approximate surface area is 158 Å². The van der Waals surface area contributed by atoms with E-state index in [1.807, 2.05) is 12.1 Å². The molecule has 0 bridgehead atoms. The molecule has 2 aromatic rings. The Morgan fingerprint density at radius 2 is 1.73 bits per heavy atom. The molecule has 26 heavy (non-hydrogen) atoms. The van der Waals surface area contributed by atoms with Crippen molar-refractivity contribution in [3.8, 4) is 5.75 Å². The molecule has 2 rings (SSSR count). The van der Waals surface area contributed by atoms with E-state index in [4.69, 9.17) is 16.3 Å². The zero-order valence-electron chi connectivity index (χ0n) is 14.6. The molecule has 0 aliphatic rings. The lowest BCUT2D eigenvalue weighted by Gasteiger charge is -2.21. The summed E-state index contributed by atoms with van der Waals surface area (Å²) < 4.78 is 30.4. The molecule has 0 saturated heterocycles.